The molecule has 0 bridgehead atoms. The fourth-order valence-corrected chi connectivity index (χ4v) is 2.26. The minimum Gasteiger partial charge on any atom is -0.352 e. The second kappa shape index (κ2) is 8.57. The number of amides is 5. The molecule has 8 nitrogen and oxygen atoms in total. The molecule has 0 aliphatic carbocycles. The molecule has 0 spiro atoms. The Bertz CT molecular complexity index is 736. The van der Waals surface area contributed by atoms with Crippen LogP contribution < -0.4 is 21.3 Å². The lowest BCUT2D eigenvalue weighted by atomic mass is 10.0. The van der Waals surface area contributed by atoms with E-state index < -0.39 is 21.8 Å². The molecule has 4 N–H and O–H groups in total. The molecule has 1 aliphatic heterocycles. The molecular formula is C15H15Cl3N4O4. The average molecular weight is 422 g/mol. The van der Waals surface area contributed by atoms with Crippen LogP contribution in [0.25, 0.3) is 0 Å². The van der Waals surface area contributed by atoms with Crippen molar-refractivity contribution in [1.29, 1.82) is 0 Å². The lowest BCUT2D eigenvalue weighted by Crippen LogP contribution is -2.62. The number of β-lactam (4-membered cyclic amide) rings is 1. The van der Waals surface area contributed by atoms with Crippen LogP contribution in [-0.4, -0.2) is 40.1 Å². The Morgan fingerprint density at radius 2 is 1.81 bits per heavy atom. The fraction of sp³-hybridized carbons (Fsp3) is 0.333. The maximum absolute atomic E-state index is 12.0. The Balaban J connectivity index is 1.89. The second-order valence-corrected chi connectivity index (χ2v) is 7.73. The largest absolute Gasteiger partial charge is 0.352 e. The Labute approximate surface area is 163 Å². The number of carbonyl (C=O) groups excluding carboxylic acids is 4. The third kappa shape index (κ3) is 5.76. The van der Waals surface area contributed by atoms with E-state index in [1.807, 2.05) is 5.32 Å². The lowest BCUT2D eigenvalue weighted by Gasteiger charge is -2.26. The first-order valence-corrected chi connectivity index (χ1v) is 8.60. The maximum atomic E-state index is 12.0. The monoisotopic (exact) mass is 420 g/mol. The zero-order valence-electron chi connectivity index (χ0n) is 13.3. The zero-order valence-corrected chi connectivity index (χ0v) is 15.5. The number of alkyl halides is 3. The molecule has 0 radical (unpaired) electrons. The number of rotatable bonds is 5. The van der Waals surface area contributed by atoms with E-state index in [0.717, 1.165) is 0 Å². The molecule has 2 rings (SSSR count). The number of carbonyl (C=O) groups is 4. The summed E-state index contributed by atoms with van der Waals surface area (Å²) in [6, 6.07) is 5.58. The zero-order chi connectivity index (χ0) is 19.3. The van der Waals surface area contributed by atoms with Gasteiger partial charge in [-0.25, -0.2) is 4.79 Å². The van der Waals surface area contributed by atoms with E-state index >= 15 is 0 Å². The van der Waals surface area contributed by atoms with Gasteiger partial charge < -0.3 is 16.0 Å². The highest BCUT2D eigenvalue weighted by molar-refractivity contribution is 6.76. The van der Waals surface area contributed by atoms with Crippen LogP contribution in [0.15, 0.2) is 24.3 Å². The first-order valence-electron chi connectivity index (χ1n) is 7.46. The number of benzene rings is 1. The van der Waals surface area contributed by atoms with Crippen molar-refractivity contribution < 1.29 is 19.2 Å². The van der Waals surface area contributed by atoms with Gasteiger partial charge in [-0.3, -0.25) is 19.7 Å². The molecule has 1 atom stereocenters. The minimum atomic E-state index is -2.25. The van der Waals surface area contributed by atoms with Gasteiger partial charge in [0.15, 0.2) is 0 Å². The smallest absolute Gasteiger partial charge is 0.321 e. The van der Waals surface area contributed by atoms with E-state index in [1.165, 1.54) is 0 Å². The van der Waals surface area contributed by atoms with Crippen LogP contribution in [0.3, 0.4) is 0 Å². The molecule has 5 amide bonds. The van der Waals surface area contributed by atoms with Crippen molar-refractivity contribution in [2.24, 2.45) is 0 Å². The van der Waals surface area contributed by atoms with Gasteiger partial charge in [0.2, 0.25) is 11.8 Å². The van der Waals surface area contributed by atoms with Gasteiger partial charge in [-0.05, 0) is 11.1 Å². The summed E-state index contributed by atoms with van der Waals surface area (Å²) in [6.07, 6.45) is 0.0380. The van der Waals surface area contributed by atoms with E-state index in [4.69, 9.17) is 34.8 Å². The Hall–Kier alpha value is -2.03. The van der Waals surface area contributed by atoms with E-state index in [0.29, 0.717) is 17.7 Å². The van der Waals surface area contributed by atoms with Gasteiger partial charge in [0.1, 0.15) is 6.04 Å². The van der Waals surface area contributed by atoms with Gasteiger partial charge in [0, 0.05) is 13.1 Å². The quantitative estimate of drug-likeness (QED) is 0.410. The summed E-state index contributed by atoms with van der Waals surface area (Å²) in [7, 11) is 0. The second-order valence-electron chi connectivity index (χ2n) is 5.45. The summed E-state index contributed by atoms with van der Waals surface area (Å²) in [4.78, 5) is 46.3. The van der Waals surface area contributed by atoms with E-state index in [-0.39, 0.29) is 24.8 Å². The van der Waals surface area contributed by atoms with Crippen molar-refractivity contribution in [3.05, 3.63) is 35.4 Å². The molecule has 26 heavy (non-hydrogen) atoms. The number of hydrogen-bond acceptors (Lipinski definition) is 4. The van der Waals surface area contributed by atoms with Crippen molar-refractivity contribution in [2.45, 2.75) is 22.8 Å². The lowest BCUT2D eigenvalue weighted by molar-refractivity contribution is -0.133. The minimum absolute atomic E-state index is 0.0380. The third-order valence-corrected chi connectivity index (χ3v) is 4.04. The van der Waals surface area contributed by atoms with Crippen molar-refractivity contribution in [1.82, 2.24) is 21.3 Å². The number of hydrogen-bond donors (Lipinski definition) is 4. The van der Waals surface area contributed by atoms with Crippen LogP contribution in [0.1, 0.15) is 11.1 Å². The van der Waals surface area contributed by atoms with Crippen molar-refractivity contribution in [3.8, 4) is 0 Å². The van der Waals surface area contributed by atoms with Gasteiger partial charge in [-0.2, -0.15) is 0 Å². The van der Waals surface area contributed by atoms with Crippen LogP contribution in [0, 0.1) is 0 Å². The summed E-state index contributed by atoms with van der Waals surface area (Å²) in [5.41, 5.74) is 1.33. The molecule has 1 fully saturated rings. The van der Waals surface area contributed by atoms with Crippen molar-refractivity contribution in [3.63, 3.8) is 0 Å². The Kier molecular flexibility index (Phi) is 6.69. The highest BCUT2D eigenvalue weighted by atomic mass is 35.6. The molecule has 1 aromatic rings. The first-order chi connectivity index (χ1) is 12.2. The molecule has 140 valence electrons. The molecule has 1 aliphatic rings. The standard InChI is InChI=1S/C15H15Cl3N4O4/c16-15(17,18)13(25)22-14(26)20-6-9-4-2-1-3-8(9)5-11(23)21-10-7-19-12(10)24/h1-4,10H,5-7H2,(H,19,24)(H,21,23)(H2,20,22,25,26). The number of nitrogens with one attached hydrogen (secondary N) is 4. The van der Waals surface area contributed by atoms with E-state index in [2.05, 4.69) is 16.0 Å². The normalized spacial score (nSPS) is 16.1. The van der Waals surface area contributed by atoms with Crippen LogP contribution in [0.2, 0.25) is 0 Å². The van der Waals surface area contributed by atoms with Crippen LogP contribution in [0.5, 0.6) is 0 Å². The van der Waals surface area contributed by atoms with E-state index in [9.17, 15) is 19.2 Å². The topological polar surface area (TPSA) is 116 Å². The first kappa shape index (κ1) is 20.3. The summed E-state index contributed by atoms with van der Waals surface area (Å²) in [5, 5.41) is 9.48. The van der Waals surface area contributed by atoms with Gasteiger partial charge >= 0.3 is 6.03 Å². The maximum Gasteiger partial charge on any atom is 0.321 e. The fourth-order valence-electron chi connectivity index (χ4n) is 2.12. The highest BCUT2D eigenvalue weighted by Crippen LogP contribution is 2.25. The summed E-state index contributed by atoms with van der Waals surface area (Å²) in [5.74, 6) is -1.61. The van der Waals surface area contributed by atoms with Gasteiger partial charge in [-0.1, -0.05) is 59.1 Å². The summed E-state index contributed by atoms with van der Waals surface area (Å²) >= 11 is 16.1. The Morgan fingerprint density at radius 3 is 2.35 bits per heavy atom. The molecule has 1 unspecified atom stereocenters. The molecule has 11 heteroatoms. The molecule has 1 aromatic carbocycles. The molecule has 1 saturated heterocycles. The molecular weight excluding hydrogens is 407 g/mol. The molecule has 0 aromatic heterocycles. The average Bonchev–Trinajstić information content (AvgIpc) is 2.56. The van der Waals surface area contributed by atoms with Gasteiger partial charge in [0.05, 0.1) is 6.42 Å². The highest BCUT2D eigenvalue weighted by Gasteiger charge is 2.32. The molecule has 0 saturated carbocycles. The van der Waals surface area contributed by atoms with Crippen molar-refractivity contribution >= 4 is 58.6 Å². The number of imide groups is 1. The predicted octanol–water partition coefficient (Wildman–Crippen LogP) is 0.540. The van der Waals surface area contributed by atoms with Crippen LogP contribution in [-0.2, 0) is 27.3 Å². The van der Waals surface area contributed by atoms with Gasteiger partial charge in [0.25, 0.3) is 9.70 Å². The van der Waals surface area contributed by atoms with Gasteiger partial charge in [-0.15, -0.1) is 0 Å². The SMILES string of the molecule is O=C(Cc1ccccc1CNC(=O)NC(=O)C(Cl)(Cl)Cl)NC1CNC1=O. The van der Waals surface area contributed by atoms with Crippen LogP contribution >= 0.6 is 34.8 Å². The van der Waals surface area contributed by atoms with Crippen molar-refractivity contribution in [2.75, 3.05) is 6.54 Å². The Morgan fingerprint density at radius 1 is 1.15 bits per heavy atom. The van der Waals surface area contributed by atoms with E-state index in [1.54, 1.807) is 24.3 Å². The summed E-state index contributed by atoms with van der Waals surface area (Å²) < 4.78 is -2.25. The molecule has 1 heterocycles. The number of halogens is 3. The third-order valence-electron chi connectivity index (χ3n) is 3.53. The summed E-state index contributed by atoms with van der Waals surface area (Å²) in [6.45, 7) is 0.456. The number of urea groups is 1. The predicted molar refractivity (Wildman–Crippen MR) is 95.8 cm³/mol. The van der Waals surface area contributed by atoms with Crippen LogP contribution in [0.4, 0.5) is 4.79 Å².